The Morgan fingerprint density at radius 2 is 1.48 bits per heavy atom. The summed E-state index contributed by atoms with van der Waals surface area (Å²) >= 11 is 0. The molecule has 0 saturated heterocycles. The number of fused-ring (bicyclic) bond motifs is 6. The first-order valence-electron chi connectivity index (χ1n) is 17.4. The summed E-state index contributed by atoms with van der Waals surface area (Å²) < 4.78 is 2.48. The lowest BCUT2D eigenvalue weighted by Gasteiger charge is -2.26. The Kier molecular flexibility index (Phi) is 7.98. The molecule has 0 spiro atoms. The van der Waals surface area contributed by atoms with Crippen LogP contribution in [0.15, 0.2) is 113 Å². The van der Waals surface area contributed by atoms with Crippen LogP contribution >= 0.6 is 0 Å². The van der Waals surface area contributed by atoms with Gasteiger partial charge in [0.1, 0.15) is 13.1 Å². The maximum absolute atomic E-state index is 11.7. The first-order valence-corrected chi connectivity index (χ1v) is 17.4. The van der Waals surface area contributed by atoms with Crippen molar-refractivity contribution in [2.24, 2.45) is 4.99 Å². The van der Waals surface area contributed by atoms with Gasteiger partial charge in [0.2, 0.25) is 5.69 Å². The van der Waals surface area contributed by atoms with Gasteiger partial charge in [-0.05, 0) is 97.0 Å². The van der Waals surface area contributed by atoms with Crippen molar-refractivity contribution in [3.63, 3.8) is 0 Å². The van der Waals surface area contributed by atoms with Gasteiger partial charge in [0.05, 0.1) is 11.1 Å². The molecule has 1 N–H and O–H groups in total. The number of nitrogens with zero attached hydrogens (tertiary/aromatic N) is 3. The van der Waals surface area contributed by atoms with Crippen molar-refractivity contribution in [3.8, 4) is 0 Å². The van der Waals surface area contributed by atoms with Gasteiger partial charge in [-0.25, -0.2) is 0 Å². The number of rotatable bonds is 7. The van der Waals surface area contributed by atoms with Crippen molar-refractivity contribution in [3.05, 3.63) is 119 Å². The molecule has 0 bridgehead atoms. The zero-order valence-electron chi connectivity index (χ0n) is 29.1. The average Bonchev–Trinajstić information content (AvgIpc) is 3.65. The van der Waals surface area contributed by atoms with Gasteiger partial charge in [-0.15, -0.1) is 0 Å². The van der Waals surface area contributed by atoms with Crippen LogP contribution in [0.25, 0.3) is 21.5 Å². The van der Waals surface area contributed by atoms with Crippen LogP contribution in [0.2, 0.25) is 0 Å². The summed E-state index contributed by atoms with van der Waals surface area (Å²) in [5.74, 6) is -0.909. The molecule has 2 heterocycles. The van der Waals surface area contributed by atoms with E-state index in [0.717, 1.165) is 49.2 Å². The quantitative estimate of drug-likeness (QED) is 0.206. The topological polar surface area (TPSA) is 55.9 Å². The molecule has 1 saturated carbocycles. The van der Waals surface area contributed by atoms with Gasteiger partial charge in [0.25, 0.3) is 0 Å². The molecule has 2 aliphatic heterocycles. The Hall–Kier alpha value is -4.77. The third-order valence-electron chi connectivity index (χ3n) is 10.9. The van der Waals surface area contributed by atoms with E-state index >= 15 is 0 Å². The highest BCUT2D eigenvalue weighted by Crippen LogP contribution is 2.51. The molecule has 0 radical (unpaired) electrons. The maximum Gasteiger partial charge on any atom is 0.325 e. The average molecular weight is 637 g/mol. The summed E-state index contributed by atoms with van der Waals surface area (Å²) in [6.07, 6.45) is 9.29. The number of anilines is 1. The second-order valence-electron chi connectivity index (χ2n) is 14.3. The van der Waals surface area contributed by atoms with Gasteiger partial charge >= 0.3 is 5.97 Å². The Morgan fingerprint density at radius 3 is 2.15 bits per heavy atom. The zero-order valence-corrected chi connectivity index (χ0v) is 29.1. The van der Waals surface area contributed by atoms with Crippen molar-refractivity contribution in [2.45, 2.75) is 71.6 Å². The standard InChI is InChI=1S/C43H45N3O2/c1-7-45-34-23-19-28-13-9-11-15-32(28)39(34)42(3,4)36(45)25-21-30-17-18-31(41(30)44-27-38(47)48)22-26-37-43(5,6)40-33-16-12-10-14-29(33)20-24-35(40)46(37)8-2/h9-16,19-25H,7-8,17-18,26-27H2,1-6H3/p+1. The number of carbonyl (C=O) groups is 1. The number of allylic oxidation sites excluding steroid dienone is 6. The summed E-state index contributed by atoms with van der Waals surface area (Å²) in [6, 6.07) is 26.3. The first-order chi connectivity index (χ1) is 23.1. The van der Waals surface area contributed by atoms with Crippen LogP contribution in [-0.4, -0.2) is 46.7 Å². The number of hydrogen-bond acceptors (Lipinski definition) is 3. The van der Waals surface area contributed by atoms with E-state index in [-0.39, 0.29) is 17.4 Å². The second-order valence-corrected chi connectivity index (χ2v) is 14.3. The van der Waals surface area contributed by atoms with E-state index in [1.165, 1.54) is 55.5 Å². The molecule has 1 aliphatic carbocycles. The fourth-order valence-corrected chi connectivity index (χ4v) is 8.69. The number of aliphatic imine (C=N–C) groups is 1. The fraction of sp³-hybridized carbons (Fsp3) is 0.326. The zero-order chi connectivity index (χ0) is 33.8. The van der Waals surface area contributed by atoms with Crippen molar-refractivity contribution < 1.29 is 14.5 Å². The molecule has 0 amide bonds. The van der Waals surface area contributed by atoms with Crippen LogP contribution < -0.4 is 4.90 Å². The summed E-state index contributed by atoms with van der Waals surface area (Å²) in [4.78, 5) is 18.9. The Balaban J connectivity index is 1.25. The fourth-order valence-electron chi connectivity index (χ4n) is 8.69. The molecule has 244 valence electrons. The first kappa shape index (κ1) is 31.8. The maximum atomic E-state index is 11.7. The van der Waals surface area contributed by atoms with E-state index in [1.54, 1.807) is 0 Å². The summed E-state index contributed by atoms with van der Waals surface area (Å²) in [7, 11) is 0. The van der Waals surface area contributed by atoms with Crippen molar-refractivity contribution in [1.82, 2.24) is 0 Å². The summed E-state index contributed by atoms with van der Waals surface area (Å²) in [6.45, 7) is 15.3. The molecule has 7 rings (SSSR count). The molecule has 5 nitrogen and oxygen atoms in total. The van der Waals surface area contributed by atoms with Crippen LogP contribution in [-0.2, 0) is 15.6 Å². The SMILES string of the molecule is CCN1C(=CC=C2CCC(=CCC3=[N+](CC)c4ccc5ccccc5c4C3(C)C)C2=NCC(=O)O)C(C)(C)c2c1ccc1ccccc21. The molecule has 4 aromatic rings. The molecular formula is C43H46N3O2+. The van der Waals surface area contributed by atoms with E-state index in [4.69, 9.17) is 4.99 Å². The van der Waals surface area contributed by atoms with Gasteiger partial charge in [-0.3, -0.25) is 9.79 Å². The third kappa shape index (κ3) is 5.03. The molecule has 0 atom stereocenters. The van der Waals surface area contributed by atoms with Gasteiger partial charge < -0.3 is 10.0 Å². The number of hydrogen-bond donors (Lipinski definition) is 1. The Bertz CT molecular complexity index is 2140. The van der Waals surface area contributed by atoms with Crippen molar-refractivity contribution in [1.29, 1.82) is 0 Å². The minimum atomic E-state index is -0.909. The molecule has 5 heteroatoms. The number of carboxylic acid groups (broad SMARTS) is 1. The van der Waals surface area contributed by atoms with Gasteiger partial charge in [-0.1, -0.05) is 80.6 Å². The highest BCUT2D eigenvalue weighted by molar-refractivity contribution is 6.15. The largest absolute Gasteiger partial charge is 0.480 e. The van der Waals surface area contributed by atoms with Gasteiger partial charge in [0, 0.05) is 41.4 Å². The Labute approximate surface area is 284 Å². The lowest BCUT2D eigenvalue weighted by Crippen LogP contribution is -2.29. The minimum Gasteiger partial charge on any atom is -0.480 e. The van der Waals surface area contributed by atoms with Crippen LogP contribution in [0.1, 0.15) is 71.9 Å². The number of benzene rings is 4. The molecule has 3 aliphatic rings. The number of likely N-dealkylation sites (N-methyl/N-ethyl adjacent to an activating group) is 1. The summed E-state index contributed by atoms with van der Waals surface area (Å²) in [5, 5.41) is 14.8. The molecule has 0 unspecified atom stereocenters. The highest BCUT2D eigenvalue weighted by atomic mass is 16.4. The van der Waals surface area contributed by atoms with E-state index in [0.29, 0.717) is 0 Å². The van der Waals surface area contributed by atoms with E-state index in [2.05, 4.69) is 142 Å². The van der Waals surface area contributed by atoms with Gasteiger partial charge in [0.15, 0.2) is 5.71 Å². The molecule has 4 aromatic carbocycles. The van der Waals surface area contributed by atoms with Crippen LogP contribution in [0.5, 0.6) is 0 Å². The molecular weight excluding hydrogens is 590 g/mol. The Morgan fingerprint density at radius 1 is 0.833 bits per heavy atom. The van der Waals surface area contributed by atoms with Crippen molar-refractivity contribution >= 4 is 50.3 Å². The third-order valence-corrected chi connectivity index (χ3v) is 10.9. The molecule has 0 aromatic heterocycles. The number of aliphatic carboxylic acids is 1. The normalized spacial score (nSPS) is 21.4. The lowest BCUT2D eigenvalue weighted by atomic mass is 9.78. The predicted molar refractivity (Wildman–Crippen MR) is 200 cm³/mol. The monoisotopic (exact) mass is 636 g/mol. The van der Waals surface area contributed by atoms with E-state index in [9.17, 15) is 9.90 Å². The molecule has 1 fully saturated rings. The second kappa shape index (κ2) is 12.0. The lowest BCUT2D eigenvalue weighted by molar-refractivity contribution is -0.434. The van der Waals surface area contributed by atoms with Gasteiger partial charge in [-0.2, -0.15) is 4.58 Å². The minimum absolute atomic E-state index is 0.139. The highest BCUT2D eigenvalue weighted by Gasteiger charge is 2.46. The van der Waals surface area contributed by atoms with E-state index < -0.39 is 5.97 Å². The van der Waals surface area contributed by atoms with Crippen LogP contribution in [0.4, 0.5) is 11.4 Å². The van der Waals surface area contributed by atoms with Crippen LogP contribution in [0, 0.1) is 0 Å². The number of carboxylic acids is 1. The van der Waals surface area contributed by atoms with Crippen molar-refractivity contribution in [2.75, 3.05) is 24.5 Å². The van der Waals surface area contributed by atoms with E-state index in [1.807, 2.05) is 0 Å². The smallest absolute Gasteiger partial charge is 0.325 e. The van der Waals surface area contributed by atoms with Crippen LogP contribution in [0.3, 0.4) is 0 Å². The summed E-state index contributed by atoms with van der Waals surface area (Å²) in [5.41, 5.74) is 10.7. The predicted octanol–water partition coefficient (Wildman–Crippen LogP) is 9.65. The molecule has 48 heavy (non-hydrogen) atoms.